The first kappa shape index (κ1) is 31.6. The van der Waals surface area contributed by atoms with E-state index in [-0.39, 0.29) is 29.5 Å². The number of aromatic amines is 1. The van der Waals surface area contributed by atoms with Crippen LogP contribution in [-0.4, -0.2) is 80.0 Å². The Bertz CT molecular complexity index is 1690. The Kier molecular flexibility index (Phi) is 10.1. The van der Waals surface area contributed by atoms with Gasteiger partial charge in [0.15, 0.2) is 0 Å². The number of imidazole rings is 1. The van der Waals surface area contributed by atoms with E-state index in [4.69, 9.17) is 27.9 Å². The maximum absolute atomic E-state index is 13.4. The molecule has 0 aliphatic carbocycles. The summed E-state index contributed by atoms with van der Waals surface area (Å²) in [5, 5.41) is 17.4. The molecule has 0 saturated carbocycles. The molecule has 1 fully saturated rings. The quantitative estimate of drug-likeness (QED) is 0.210. The molecule has 45 heavy (non-hydrogen) atoms. The number of methoxy groups -OCH3 is 2. The highest BCUT2D eigenvalue weighted by Gasteiger charge is 2.32. The molecule has 4 aromatic rings. The van der Waals surface area contributed by atoms with Crippen LogP contribution in [0.5, 0.6) is 0 Å². The van der Waals surface area contributed by atoms with Gasteiger partial charge < -0.3 is 24.7 Å². The van der Waals surface area contributed by atoms with Crippen LogP contribution in [0.3, 0.4) is 0 Å². The van der Waals surface area contributed by atoms with Crippen LogP contribution >= 0.6 is 23.2 Å². The highest BCUT2D eigenvalue weighted by molar-refractivity contribution is 6.32. The highest BCUT2D eigenvalue weighted by Crippen LogP contribution is 2.30. The van der Waals surface area contributed by atoms with Gasteiger partial charge in [0.25, 0.3) is 0 Å². The zero-order valence-corrected chi connectivity index (χ0v) is 25.7. The molecular weight excluding hydrogens is 625 g/mol. The van der Waals surface area contributed by atoms with Crippen LogP contribution in [-0.2, 0) is 19.1 Å². The van der Waals surface area contributed by atoms with Crippen molar-refractivity contribution in [1.29, 1.82) is 0 Å². The fraction of sp³-hybridized carbons (Fsp3) is 0.276. The highest BCUT2D eigenvalue weighted by atomic mass is 35.5. The van der Waals surface area contributed by atoms with Gasteiger partial charge in [-0.15, -0.1) is 5.10 Å². The lowest BCUT2D eigenvalue weighted by Crippen LogP contribution is -2.39. The van der Waals surface area contributed by atoms with E-state index in [0.717, 1.165) is 12.8 Å². The maximum Gasteiger partial charge on any atom is 0.411 e. The van der Waals surface area contributed by atoms with E-state index in [9.17, 15) is 14.4 Å². The van der Waals surface area contributed by atoms with Crippen molar-refractivity contribution in [3.05, 3.63) is 76.4 Å². The lowest BCUT2D eigenvalue weighted by molar-refractivity contribution is -0.140. The van der Waals surface area contributed by atoms with Crippen molar-refractivity contribution in [3.63, 3.8) is 0 Å². The number of nitrogens with zero attached hydrogens (tertiary/aromatic N) is 6. The van der Waals surface area contributed by atoms with Crippen molar-refractivity contribution < 1.29 is 23.9 Å². The Hall–Kier alpha value is -4.79. The Morgan fingerprint density at radius 1 is 1.16 bits per heavy atom. The molecule has 3 amide bonds. The van der Waals surface area contributed by atoms with Crippen LogP contribution in [0.15, 0.2) is 54.9 Å². The summed E-state index contributed by atoms with van der Waals surface area (Å²) in [5.74, 6) is -0.420. The van der Waals surface area contributed by atoms with E-state index in [1.165, 1.54) is 24.2 Å². The number of hydrogen-bond donors (Lipinski definition) is 3. The summed E-state index contributed by atoms with van der Waals surface area (Å²) in [4.78, 5) is 47.5. The van der Waals surface area contributed by atoms with Gasteiger partial charge in [-0.2, -0.15) is 4.68 Å². The van der Waals surface area contributed by atoms with Crippen molar-refractivity contribution in [1.82, 2.24) is 40.4 Å². The first-order valence-corrected chi connectivity index (χ1v) is 14.6. The molecule has 14 nitrogen and oxygen atoms in total. The second-order valence-corrected chi connectivity index (χ2v) is 10.8. The van der Waals surface area contributed by atoms with E-state index in [0.29, 0.717) is 39.8 Å². The number of halogens is 2. The fourth-order valence-electron chi connectivity index (χ4n) is 4.90. The summed E-state index contributed by atoms with van der Waals surface area (Å²) in [6.45, 7) is 0.544. The first-order chi connectivity index (χ1) is 21.7. The van der Waals surface area contributed by atoms with E-state index in [2.05, 4.69) is 40.9 Å². The number of carbonyl (C=O) groups excluding carboxylic acids is 3. The van der Waals surface area contributed by atoms with Crippen LogP contribution in [0.4, 0.5) is 10.5 Å². The molecule has 16 heteroatoms. The van der Waals surface area contributed by atoms with Crippen molar-refractivity contribution in [2.75, 3.05) is 26.1 Å². The van der Waals surface area contributed by atoms with Gasteiger partial charge in [-0.1, -0.05) is 35.3 Å². The molecule has 2 aromatic carbocycles. The summed E-state index contributed by atoms with van der Waals surface area (Å²) >= 11 is 12.8. The lowest BCUT2D eigenvalue weighted by Gasteiger charge is -2.25. The summed E-state index contributed by atoms with van der Waals surface area (Å²) < 4.78 is 11.5. The zero-order chi connectivity index (χ0) is 31.9. The first-order valence-electron chi connectivity index (χ1n) is 13.8. The van der Waals surface area contributed by atoms with Crippen LogP contribution < -0.4 is 10.6 Å². The zero-order valence-electron chi connectivity index (χ0n) is 24.2. The Balaban J connectivity index is 1.40. The van der Waals surface area contributed by atoms with Crippen LogP contribution in [0.25, 0.3) is 23.0 Å². The largest absolute Gasteiger partial charge is 0.453 e. The number of benzene rings is 2. The van der Waals surface area contributed by atoms with Gasteiger partial charge >= 0.3 is 6.09 Å². The topological polar surface area (TPSA) is 169 Å². The normalized spacial score (nSPS) is 15.3. The van der Waals surface area contributed by atoms with Crippen molar-refractivity contribution in [3.8, 4) is 16.9 Å². The number of ether oxygens (including phenoxy) is 2. The molecule has 5 rings (SSSR count). The molecule has 0 spiro atoms. The van der Waals surface area contributed by atoms with Crippen LogP contribution in [0.2, 0.25) is 10.2 Å². The predicted molar refractivity (Wildman–Crippen MR) is 166 cm³/mol. The molecule has 1 aliphatic heterocycles. The molecule has 0 radical (unpaired) electrons. The van der Waals surface area contributed by atoms with Crippen LogP contribution in [0, 0.1) is 0 Å². The molecule has 0 bridgehead atoms. The third kappa shape index (κ3) is 7.66. The van der Waals surface area contributed by atoms with Crippen molar-refractivity contribution >= 4 is 52.9 Å². The predicted octanol–water partition coefficient (Wildman–Crippen LogP) is 4.39. The summed E-state index contributed by atoms with van der Waals surface area (Å²) in [6.07, 6.45) is 4.82. The number of carbonyl (C=O) groups is 3. The molecule has 234 valence electrons. The monoisotopic (exact) mass is 653 g/mol. The standard InChI is InChI=1S/C29H29Cl2N9O5/c1-44-25-4-3-13-39(25)24(42)15-21(28-35-26(27(31)36-28)17-5-9-20(10-6-17)33-29(43)45-2)34-23(41)12-7-18-14-19(30)8-11-22(18)40-16-32-37-38-40/h5-12,14,16,21,25H,3-4,13,15H2,1-2H3,(H,33,43)(H,34,41)(H,35,36)/t21-,25?/m0/s1. The minimum atomic E-state index is -0.863. The third-order valence-electron chi connectivity index (χ3n) is 7.08. The van der Waals surface area contributed by atoms with Gasteiger partial charge in [-0.25, -0.2) is 9.78 Å². The van der Waals surface area contributed by atoms with Gasteiger partial charge in [-0.3, -0.25) is 14.9 Å². The van der Waals surface area contributed by atoms with Gasteiger partial charge in [-0.05, 0) is 59.7 Å². The second-order valence-electron chi connectivity index (χ2n) is 9.95. The molecule has 2 aromatic heterocycles. The van der Waals surface area contributed by atoms with Crippen molar-refractivity contribution in [2.45, 2.75) is 31.5 Å². The number of rotatable bonds is 10. The Morgan fingerprint density at radius 2 is 1.96 bits per heavy atom. The van der Waals surface area contributed by atoms with E-state index >= 15 is 0 Å². The Labute approximate surface area is 267 Å². The number of likely N-dealkylation sites (tertiary alicyclic amines) is 1. The lowest BCUT2D eigenvalue weighted by atomic mass is 10.1. The average Bonchev–Trinajstić information content (AvgIpc) is 3.82. The number of amides is 3. The second kappa shape index (κ2) is 14.3. The number of anilines is 1. The minimum absolute atomic E-state index is 0.0995. The number of nitrogens with one attached hydrogen (secondary N) is 3. The van der Waals surface area contributed by atoms with Crippen molar-refractivity contribution in [2.24, 2.45) is 0 Å². The molecular formula is C29H29Cl2N9O5. The molecule has 1 saturated heterocycles. The molecule has 2 atom stereocenters. The van der Waals surface area contributed by atoms with E-state index < -0.39 is 18.0 Å². The number of tetrazole rings is 1. The summed E-state index contributed by atoms with van der Waals surface area (Å²) in [6, 6.07) is 11.0. The SMILES string of the molecule is COC(=O)Nc1ccc(-c2nc([C@H](CC(=O)N3CCCC3OC)NC(=O)C=Cc3cc(Cl)ccc3-n3cnnn3)[nH]c2Cl)cc1. The summed E-state index contributed by atoms with van der Waals surface area (Å²) in [5.41, 5.74) is 2.76. The number of H-pyrrole nitrogens is 1. The maximum atomic E-state index is 13.4. The number of hydrogen-bond acceptors (Lipinski definition) is 9. The van der Waals surface area contributed by atoms with Gasteiger partial charge in [0, 0.05) is 41.6 Å². The van der Waals surface area contributed by atoms with E-state index in [1.54, 1.807) is 60.6 Å². The molecule has 3 N–H and O–H groups in total. The summed E-state index contributed by atoms with van der Waals surface area (Å²) in [7, 11) is 2.83. The van der Waals surface area contributed by atoms with E-state index in [1.807, 2.05) is 0 Å². The molecule has 1 unspecified atom stereocenters. The third-order valence-corrected chi connectivity index (χ3v) is 7.59. The smallest absolute Gasteiger partial charge is 0.411 e. The molecule has 1 aliphatic rings. The van der Waals surface area contributed by atoms with Gasteiger partial charge in [0.1, 0.15) is 29.2 Å². The molecule has 3 heterocycles. The number of aromatic nitrogens is 6. The van der Waals surface area contributed by atoms with Crippen LogP contribution in [0.1, 0.15) is 36.7 Å². The van der Waals surface area contributed by atoms with Gasteiger partial charge in [0.05, 0.1) is 25.3 Å². The van der Waals surface area contributed by atoms with Gasteiger partial charge in [0.2, 0.25) is 11.8 Å². The average molecular weight is 655 g/mol. The minimum Gasteiger partial charge on any atom is -0.453 e. The Morgan fingerprint density at radius 3 is 2.67 bits per heavy atom. The fourth-order valence-corrected chi connectivity index (χ4v) is 5.33.